The molecule has 4 nitrogen and oxygen atoms in total. The fourth-order valence-corrected chi connectivity index (χ4v) is 3.01. The highest BCUT2D eigenvalue weighted by Crippen LogP contribution is 2.33. The smallest absolute Gasteiger partial charge is 0.224 e. The second kappa shape index (κ2) is 10.5. The number of unbranched alkanes of at least 4 members (excludes halogenated alkanes) is 3. The van der Waals surface area contributed by atoms with Crippen molar-refractivity contribution in [2.24, 2.45) is 5.73 Å². The first-order chi connectivity index (χ1) is 12.7. The molecule has 2 rings (SSSR count). The van der Waals surface area contributed by atoms with Crippen LogP contribution in [-0.4, -0.2) is 13.0 Å². The molecular weight excluding hydrogens is 326 g/mol. The highest BCUT2D eigenvalue weighted by atomic mass is 16.5. The van der Waals surface area contributed by atoms with Crippen LogP contribution in [0.4, 0.5) is 0 Å². The summed E-state index contributed by atoms with van der Waals surface area (Å²) in [6.07, 6.45) is 5.22. The minimum absolute atomic E-state index is 0.291. The van der Waals surface area contributed by atoms with Crippen LogP contribution in [0.5, 0.6) is 11.5 Å². The molecule has 2 aromatic rings. The Hall–Kier alpha value is -2.49. The Morgan fingerprint density at radius 3 is 2.46 bits per heavy atom. The van der Waals surface area contributed by atoms with Crippen molar-refractivity contribution < 1.29 is 14.3 Å². The van der Waals surface area contributed by atoms with Gasteiger partial charge in [0.1, 0.15) is 6.61 Å². The molecule has 0 spiro atoms. The molecule has 2 aromatic carbocycles. The first-order valence-corrected chi connectivity index (χ1v) is 9.29. The third kappa shape index (κ3) is 5.80. The van der Waals surface area contributed by atoms with Gasteiger partial charge in [0.2, 0.25) is 5.91 Å². The summed E-state index contributed by atoms with van der Waals surface area (Å²) in [5.74, 6) is 0.699. The number of benzene rings is 2. The molecular formula is C22H29NO3. The molecule has 140 valence electrons. The average Bonchev–Trinajstić information content (AvgIpc) is 2.66. The van der Waals surface area contributed by atoms with E-state index < -0.39 is 0 Å². The molecule has 0 saturated carbocycles. The van der Waals surface area contributed by atoms with Gasteiger partial charge in [-0.25, -0.2) is 0 Å². The molecule has 0 heterocycles. The molecule has 0 saturated heterocycles. The van der Waals surface area contributed by atoms with E-state index in [1.54, 1.807) is 7.11 Å². The topological polar surface area (TPSA) is 61.6 Å². The van der Waals surface area contributed by atoms with Gasteiger partial charge in [0.05, 0.1) is 13.0 Å². The normalized spacial score (nSPS) is 11.8. The fraction of sp³-hybridized carbons (Fsp3) is 0.409. The zero-order chi connectivity index (χ0) is 18.8. The van der Waals surface area contributed by atoms with Gasteiger partial charge in [0, 0.05) is 0 Å². The van der Waals surface area contributed by atoms with Crippen molar-refractivity contribution >= 4 is 5.91 Å². The Kier molecular flexibility index (Phi) is 8.00. The standard InChI is InChI=1S/C22H29NO3/c1-3-4-5-9-12-19(22(23)24)18-13-14-20(25-2)21(15-18)26-16-17-10-7-6-8-11-17/h6-8,10-11,13-15,19H,3-5,9,12,16H2,1-2H3,(H2,23,24). The zero-order valence-corrected chi connectivity index (χ0v) is 15.7. The highest BCUT2D eigenvalue weighted by Gasteiger charge is 2.19. The van der Waals surface area contributed by atoms with Crippen LogP contribution in [0, 0.1) is 0 Å². The molecule has 0 aliphatic carbocycles. The van der Waals surface area contributed by atoms with Gasteiger partial charge in [-0.15, -0.1) is 0 Å². The molecule has 0 radical (unpaired) electrons. The number of primary amides is 1. The molecule has 0 aromatic heterocycles. The van der Waals surface area contributed by atoms with E-state index in [9.17, 15) is 4.79 Å². The van der Waals surface area contributed by atoms with Crippen molar-refractivity contribution in [3.8, 4) is 11.5 Å². The summed E-state index contributed by atoms with van der Waals surface area (Å²) in [6.45, 7) is 2.61. The van der Waals surface area contributed by atoms with Crippen LogP contribution in [-0.2, 0) is 11.4 Å². The van der Waals surface area contributed by atoms with Gasteiger partial charge in [0.15, 0.2) is 11.5 Å². The predicted octanol–water partition coefficient (Wildman–Crippen LogP) is 4.81. The Morgan fingerprint density at radius 1 is 1.04 bits per heavy atom. The Morgan fingerprint density at radius 2 is 1.81 bits per heavy atom. The van der Waals surface area contributed by atoms with Crippen LogP contribution in [0.3, 0.4) is 0 Å². The monoisotopic (exact) mass is 355 g/mol. The summed E-state index contributed by atoms with van der Waals surface area (Å²) in [4.78, 5) is 12.0. The van der Waals surface area contributed by atoms with Crippen molar-refractivity contribution in [2.45, 2.75) is 51.6 Å². The maximum absolute atomic E-state index is 12.0. The van der Waals surface area contributed by atoms with Crippen molar-refractivity contribution in [1.82, 2.24) is 0 Å². The van der Waals surface area contributed by atoms with Gasteiger partial charge in [-0.05, 0) is 29.7 Å². The van der Waals surface area contributed by atoms with Crippen molar-refractivity contribution in [3.63, 3.8) is 0 Å². The van der Waals surface area contributed by atoms with E-state index in [0.717, 1.165) is 30.4 Å². The summed E-state index contributed by atoms with van der Waals surface area (Å²) in [5.41, 5.74) is 7.62. The van der Waals surface area contributed by atoms with Gasteiger partial charge in [-0.3, -0.25) is 4.79 Å². The largest absolute Gasteiger partial charge is 0.493 e. The lowest BCUT2D eigenvalue weighted by atomic mass is 9.92. The van der Waals surface area contributed by atoms with Gasteiger partial charge >= 0.3 is 0 Å². The summed E-state index contributed by atoms with van der Waals surface area (Å²) >= 11 is 0. The molecule has 0 aliphatic rings. The highest BCUT2D eigenvalue weighted by molar-refractivity contribution is 5.82. The van der Waals surface area contributed by atoms with Crippen molar-refractivity contribution in [3.05, 3.63) is 59.7 Å². The van der Waals surface area contributed by atoms with Crippen LogP contribution in [0.2, 0.25) is 0 Å². The van der Waals surface area contributed by atoms with E-state index in [-0.39, 0.29) is 11.8 Å². The molecule has 1 atom stereocenters. The average molecular weight is 355 g/mol. The SMILES string of the molecule is CCCCCCC(C(N)=O)c1ccc(OC)c(OCc2ccccc2)c1. The van der Waals surface area contributed by atoms with Crippen LogP contribution >= 0.6 is 0 Å². The quantitative estimate of drug-likeness (QED) is 0.588. The van der Waals surface area contributed by atoms with E-state index in [4.69, 9.17) is 15.2 Å². The van der Waals surface area contributed by atoms with Crippen LogP contribution in [0.25, 0.3) is 0 Å². The number of hydrogen-bond acceptors (Lipinski definition) is 3. The van der Waals surface area contributed by atoms with Crippen molar-refractivity contribution in [1.29, 1.82) is 0 Å². The number of amides is 1. The molecule has 1 unspecified atom stereocenters. The summed E-state index contributed by atoms with van der Waals surface area (Å²) in [5, 5.41) is 0. The Bertz CT molecular complexity index is 685. The maximum atomic E-state index is 12.0. The summed E-state index contributed by atoms with van der Waals surface area (Å²) in [7, 11) is 1.61. The second-order valence-electron chi connectivity index (χ2n) is 6.49. The first kappa shape index (κ1) is 19.8. The second-order valence-corrected chi connectivity index (χ2v) is 6.49. The molecule has 2 N–H and O–H groups in total. The lowest BCUT2D eigenvalue weighted by molar-refractivity contribution is -0.119. The number of ether oxygens (including phenoxy) is 2. The van der Waals surface area contributed by atoms with E-state index in [2.05, 4.69) is 6.92 Å². The Balaban J connectivity index is 2.13. The van der Waals surface area contributed by atoms with Gasteiger partial charge in [0.25, 0.3) is 0 Å². The molecule has 4 heteroatoms. The molecule has 0 bridgehead atoms. The van der Waals surface area contributed by atoms with Gasteiger partial charge in [-0.1, -0.05) is 69.0 Å². The number of hydrogen-bond donors (Lipinski definition) is 1. The number of methoxy groups -OCH3 is 1. The summed E-state index contributed by atoms with van der Waals surface area (Å²) in [6, 6.07) is 15.6. The minimum Gasteiger partial charge on any atom is -0.493 e. The van der Waals surface area contributed by atoms with E-state index in [1.165, 1.54) is 12.8 Å². The third-order valence-electron chi connectivity index (χ3n) is 4.52. The number of carbonyl (C=O) groups excluding carboxylic acids is 1. The van der Waals surface area contributed by atoms with Crippen LogP contribution < -0.4 is 15.2 Å². The first-order valence-electron chi connectivity index (χ1n) is 9.29. The molecule has 0 aliphatic heterocycles. The van der Waals surface area contributed by atoms with E-state index >= 15 is 0 Å². The van der Waals surface area contributed by atoms with Gasteiger partial charge in [-0.2, -0.15) is 0 Å². The third-order valence-corrected chi connectivity index (χ3v) is 4.52. The van der Waals surface area contributed by atoms with Crippen LogP contribution in [0.1, 0.15) is 56.1 Å². The fourth-order valence-electron chi connectivity index (χ4n) is 3.01. The number of rotatable bonds is 11. The maximum Gasteiger partial charge on any atom is 0.224 e. The van der Waals surface area contributed by atoms with Crippen molar-refractivity contribution in [2.75, 3.05) is 7.11 Å². The minimum atomic E-state index is -0.295. The zero-order valence-electron chi connectivity index (χ0n) is 15.7. The predicted molar refractivity (Wildman–Crippen MR) is 104 cm³/mol. The Labute approximate surface area is 156 Å². The van der Waals surface area contributed by atoms with Gasteiger partial charge < -0.3 is 15.2 Å². The van der Waals surface area contributed by atoms with E-state index in [1.807, 2.05) is 48.5 Å². The van der Waals surface area contributed by atoms with Crippen LogP contribution in [0.15, 0.2) is 48.5 Å². The lowest BCUT2D eigenvalue weighted by Crippen LogP contribution is -2.21. The van der Waals surface area contributed by atoms with E-state index in [0.29, 0.717) is 18.1 Å². The number of nitrogens with two attached hydrogens (primary N) is 1. The number of carbonyl (C=O) groups is 1. The molecule has 1 amide bonds. The molecule has 0 fully saturated rings. The lowest BCUT2D eigenvalue weighted by Gasteiger charge is -2.17. The summed E-state index contributed by atoms with van der Waals surface area (Å²) < 4.78 is 11.4. The molecule has 26 heavy (non-hydrogen) atoms.